The molecule has 1 aromatic heterocycles. The van der Waals surface area contributed by atoms with Crippen molar-refractivity contribution in [3.63, 3.8) is 0 Å². The molecule has 8 nitrogen and oxygen atoms in total. The summed E-state index contributed by atoms with van der Waals surface area (Å²) < 4.78 is 11.5. The van der Waals surface area contributed by atoms with Gasteiger partial charge in [0, 0.05) is 30.8 Å². The van der Waals surface area contributed by atoms with E-state index in [2.05, 4.69) is 49.8 Å². The second-order valence-corrected chi connectivity index (χ2v) is 10.0. The summed E-state index contributed by atoms with van der Waals surface area (Å²) in [5.74, 6) is 0.708. The normalized spacial score (nSPS) is 14.6. The molecule has 0 atom stereocenters. The van der Waals surface area contributed by atoms with Crippen molar-refractivity contribution in [2.24, 2.45) is 0 Å². The summed E-state index contributed by atoms with van der Waals surface area (Å²) in [6.45, 7) is 3.91. The Hall–Kier alpha value is -4.82. The number of carbonyl (C=O) groups is 1. The first kappa shape index (κ1) is 24.2. The standard InChI is InChI=1S/C32H29N5O3/c38-32-26-10-5-22(25-2-1-3-28-31(25)34-20-33-28)19-29(26)35-27-11-4-21(18-30(27)36-32)12-15-40-24-8-6-23(7-9-24)37-13-16-39-17-14-37/h1-11,18-20,35H,12-17H2,(H,33,34)(H,36,38). The van der Waals surface area contributed by atoms with Crippen LogP contribution in [0.3, 0.4) is 0 Å². The molecule has 3 N–H and O–H groups in total. The molecule has 0 bridgehead atoms. The molecule has 2 aliphatic rings. The second-order valence-electron chi connectivity index (χ2n) is 10.0. The van der Waals surface area contributed by atoms with E-state index in [1.807, 2.05) is 54.6 Å². The van der Waals surface area contributed by atoms with Gasteiger partial charge in [0.2, 0.25) is 0 Å². The van der Waals surface area contributed by atoms with E-state index in [-0.39, 0.29) is 5.91 Å². The van der Waals surface area contributed by atoms with E-state index in [9.17, 15) is 4.79 Å². The van der Waals surface area contributed by atoms with Crippen LogP contribution >= 0.6 is 0 Å². The lowest BCUT2D eigenvalue weighted by molar-refractivity contribution is 0.102. The van der Waals surface area contributed by atoms with Gasteiger partial charge in [0.15, 0.2) is 0 Å². The van der Waals surface area contributed by atoms with Crippen LogP contribution in [0, 0.1) is 0 Å². The maximum atomic E-state index is 13.1. The van der Waals surface area contributed by atoms with Crippen molar-refractivity contribution in [3.05, 3.63) is 96.3 Å². The van der Waals surface area contributed by atoms with Gasteiger partial charge in [0.05, 0.1) is 59.8 Å². The summed E-state index contributed by atoms with van der Waals surface area (Å²) in [7, 11) is 0. The minimum atomic E-state index is -0.138. The number of para-hydroxylation sites is 1. The van der Waals surface area contributed by atoms with Gasteiger partial charge in [-0.1, -0.05) is 24.3 Å². The number of fused-ring (bicyclic) bond motifs is 3. The molecule has 1 fully saturated rings. The topological polar surface area (TPSA) is 91.5 Å². The molecule has 1 saturated heterocycles. The number of nitrogens with one attached hydrogen (secondary N) is 3. The Kier molecular flexibility index (Phi) is 6.30. The van der Waals surface area contributed by atoms with Gasteiger partial charge >= 0.3 is 0 Å². The predicted octanol–water partition coefficient (Wildman–Crippen LogP) is 6.00. The Morgan fingerprint density at radius 2 is 1.73 bits per heavy atom. The fourth-order valence-corrected chi connectivity index (χ4v) is 5.38. The molecule has 40 heavy (non-hydrogen) atoms. The number of aromatic nitrogens is 2. The molecule has 4 aromatic carbocycles. The Morgan fingerprint density at radius 1 is 0.850 bits per heavy atom. The van der Waals surface area contributed by atoms with Crippen LogP contribution in [0.25, 0.3) is 22.2 Å². The fourth-order valence-electron chi connectivity index (χ4n) is 5.38. The lowest BCUT2D eigenvalue weighted by atomic mass is 10.0. The molecule has 8 heteroatoms. The van der Waals surface area contributed by atoms with Gasteiger partial charge in [-0.3, -0.25) is 4.79 Å². The van der Waals surface area contributed by atoms with Crippen LogP contribution in [0.5, 0.6) is 5.75 Å². The van der Waals surface area contributed by atoms with Gasteiger partial charge in [-0.15, -0.1) is 0 Å². The summed E-state index contributed by atoms with van der Waals surface area (Å²) in [5, 5.41) is 6.55. The number of H-pyrrole nitrogens is 1. The van der Waals surface area contributed by atoms with E-state index in [1.54, 1.807) is 6.33 Å². The number of imidazole rings is 1. The summed E-state index contributed by atoms with van der Waals surface area (Å²) in [6.07, 6.45) is 2.42. The molecule has 0 spiro atoms. The van der Waals surface area contributed by atoms with Gasteiger partial charge in [-0.25, -0.2) is 4.98 Å². The summed E-state index contributed by atoms with van der Waals surface area (Å²) in [5.41, 5.74) is 9.17. The van der Waals surface area contributed by atoms with Crippen molar-refractivity contribution in [3.8, 4) is 16.9 Å². The third-order valence-electron chi connectivity index (χ3n) is 7.50. The Bertz CT molecular complexity index is 1690. The maximum absolute atomic E-state index is 13.1. The molecule has 0 radical (unpaired) electrons. The molecule has 0 saturated carbocycles. The van der Waals surface area contributed by atoms with Crippen LogP contribution in [0.2, 0.25) is 0 Å². The van der Waals surface area contributed by atoms with E-state index in [1.165, 1.54) is 5.69 Å². The maximum Gasteiger partial charge on any atom is 0.257 e. The molecule has 200 valence electrons. The number of nitrogens with zero attached hydrogens (tertiary/aromatic N) is 2. The minimum absolute atomic E-state index is 0.138. The SMILES string of the molecule is O=C1Nc2cc(CCOc3ccc(N4CCOCC4)cc3)ccc2Nc2cc(-c3cccc4nc[nH]c34)ccc21. The number of carbonyl (C=O) groups excluding carboxylic acids is 1. The van der Waals surface area contributed by atoms with E-state index in [0.29, 0.717) is 12.2 Å². The average Bonchev–Trinajstić information content (AvgIpc) is 3.43. The van der Waals surface area contributed by atoms with Gasteiger partial charge in [-0.2, -0.15) is 0 Å². The molecular weight excluding hydrogens is 502 g/mol. The van der Waals surface area contributed by atoms with Crippen molar-refractivity contribution >= 4 is 39.7 Å². The number of amides is 1. The molecule has 1 amide bonds. The molecule has 0 aliphatic carbocycles. The number of rotatable bonds is 6. The fraction of sp³-hybridized carbons (Fsp3) is 0.188. The van der Waals surface area contributed by atoms with Crippen LogP contribution in [0.1, 0.15) is 15.9 Å². The number of anilines is 4. The Balaban J connectivity index is 1.04. The first-order chi connectivity index (χ1) is 19.7. The van der Waals surface area contributed by atoms with Crippen LogP contribution in [-0.2, 0) is 11.2 Å². The van der Waals surface area contributed by atoms with E-state index >= 15 is 0 Å². The highest BCUT2D eigenvalue weighted by molar-refractivity contribution is 6.12. The van der Waals surface area contributed by atoms with Crippen LogP contribution < -0.4 is 20.3 Å². The lowest BCUT2D eigenvalue weighted by Gasteiger charge is -2.28. The van der Waals surface area contributed by atoms with Crippen molar-refractivity contribution in [1.29, 1.82) is 0 Å². The van der Waals surface area contributed by atoms with E-state index < -0.39 is 0 Å². The first-order valence-electron chi connectivity index (χ1n) is 13.5. The molecule has 0 unspecified atom stereocenters. The summed E-state index contributed by atoms with van der Waals surface area (Å²) in [4.78, 5) is 23.1. The van der Waals surface area contributed by atoms with Crippen LogP contribution in [-0.4, -0.2) is 48.8 Å². The highest BCUT2D eigenvalue weighted by Gasteiger charge is 2.20. The quantitative estimate of drug-likeness (QED) is 0.249. The van der Waals surface area contributed by atoms with Gasteiger partial charge in [-0.05, 0) is 65.7 Å². The zero-order chi connectivity index (χ0) is 26.9. The predicted molar refractivity (Wildman–Crippen MR) is 158 cm³/mol. The Labute approximate surface area is 232 Å². The number of hydrogen-bond donors (Lipinski definition) is 3. The van der Waals surface area contributed by atoms with E-state index in [4.69, 9.17) is 9.47 Å². The Morgan fingerprint density at radius 3 is 2.60 bits per heavy atom. The number of morpholine rings is 1. The summed E-state index contributed by atoms with van der Waals surface area (Å²) >= 11 is 0. The van der Waals surface area contributed by atoms with Crippen LogP contribution in [0.15, 0.2) is 85.2 Å². The third kappa shape index (κ3) is 4.74. The first-order valence-corrected chi connectivity index (χ1v) is 13.5. The molecule has 5 aromatic rings. The van der Waals surface area contributed by atoms with Crippen LogP contribution in [0.4, 0.5) is 22.7 Å². The second kappa shape index (κ2) is 10.4. The van der Waals surface area contributed by atoms with Gasteiger partial charge in [0.1, 0.15) is 5.75 Å². The van der Waals surface area contributed by atoms with Crippen molar-refractivity contribution in [2.75, 3.05) is 48.4 Å². The lowest BCUT2D eigenvalue weighted by Crippen LogP contribution is -2.36. The van der Waals surface area contributed by atoms with Crippen molar-refractivity contribution < 1.29 is 14.3 Å². The average molecular weight is 532 g/mol. The zero-order valence-corrected chi connectivity index (χ0v) is 21.9. The van der Waals surface area contributed by atoms with Crippen molar-refractivity contribution in [1.82, 2.24) is 9.97 Å². The zero-order valence-electron chi connectivity index (χ0n) is 21.9. The number of aromatic amines is 1. The summed E-state index contributed by atoms with van der Waals surface area (Å²) in [6, 6.07) is 26.2. The monoisotopic (exact) mass is 531 g/mol. The number of hydrogen-bond acceptors (Lipinski definition) is 6. The number of ether oxygens (including phenoxy) is 2. The highest BCUT2D eigenvalue weighted by Crippen LogP contribution is 2.36. The smallest absolute Gasteiger partial charge is 0.257 e. The van der Waals surface area contributed by atoms with Gasteiger partial charge in [0.25, 0.3) is 5.91 Å². The largest absolute Gasteiger partial charge is 0.493 e. The highest BCUT2D eigenvalue weighted by atomic mass is 16.5. The van der Waals surface area contributed by atoms with Crippen molar-refractivity contribution in [2.45, 2.75) is 6.42 Å². The molecule has 2 aliphatic heterocycles. The van der Waals surface area contributed by atoms with E-state index in [0.717, 1.165) is 83.3 Å². The minimum Gasteiger partial charge on any atom is -0.493 e. The molecule has 7 rings (SSSR count). The third-order valence-corrected chi connectivity index (χ3v) is 7.50. The van der Waals surface area contributed by atoms with Gasteiger partial charge < -0.3 is 30.0 Å². The molecule has 3 heterocycles. The molecular formula is C32H29N5O3. The number of benzene rings is 4.